The van der Waals surface area contributed by atoms with E-state index in [1.54, 1.807) is 6.20 Å². The smallest absolute Gasteiger partial charge is 0.231 e. The molecule has 1 aliphatic heterocycles. The number of aliphatic imine (C=N–C) groups is 1. The van der Waals surface area contributed by atoms with E-state index in [1.165, 1.54) is 0 Å². The maximum Gasteiger partial charge on any atom is 0.231 e. The van der Waals surface area contributed by atoms with Gasteiger partial charge in [-0.3, -0.25) is 0 Å². The molecule has 128 valence electrons. The van der Waals surface area contributed by atoms with Crippen molar-refractivity contribution in [3.05, 3.63) is 42.5 Å². The third-order valence-electron chi connectivity index (χ3n) is 3.65. The lowest BCUT2D eigenvalue weighted by Crippen LogP contribution is -2.38. The standard InChI is InChI=1S/C17H23N5O2/c1-2-19-17(20-6-3-8-22-9-7-18-12-22)21-11-14-4-5-15-16(10-14)24-13-23-15/h4-5,7,9-10,12H,2-3,6,8,11,13H2,1H3,(H2,19,20,21). The lowest BCUT2D eigenvalue weighted by atomic mass is 10.2. The Morgan fingerprint density at radius 3 is 3.04 bits per heavy atom. The highest BCUT2D eigenvalue weighted by molar-refractivity contribution is 5.79. The Labute approximate surface area is 141 Å². The molecule has 0 spiro atoms. The van der Waals surface area contributed by atoms with Gasteiger partial charge < -0.3 is 24.7 Å². The molecule has 0 aliphatic carbocycles. The van der Waals surface area contributed by atoms with E-state index in [2.05, 4.69) is 32.1 Å². The number of imidazole rings is 1. The monoisotopic (exact) mass is 329 g/mol. The summed E-state index contributed by atoms with van der Waals surface area (Å²) in [7, 11) is 0. The average Bonchev–Trinajstić information content (AvgIpc) is 3.27. The zero-order valence-electron chi connectivity index (χ0n) is 13.9. The van der Waals surface area contributed by atoms with E-state index in [9.17, 15) is 0 Å². The first-order valence-corrected chi connectivity index (χ1v) is 8.21. The summed E-state index contributed by atoms with van der Waals surface area (Å²) in [5.41, 5.74) is 1.09. The maximum absolute atomic E-state index is 5.40. The molecule has 7 heteroatoms. The van der Waals surface area contributed by atoms with Gasteiger partial charge in [-0.2, -0.15) is 0 Å². The molecule has 0 radical (unpaired) electrons. The number of guanidine groups is 1. The molecular weight excluding hydrogens is 306 g/mol. The van der Waals surface area contributed by atoms with E-state index < -0.39 is 0 Å². The zero-order valence-corrected chi connectivity index (χ0v) is 13.9. The molecular formula is C17H23N5O2. The van der Waals surface area contributed by atoms with Crippen LogP contribution in [0.3, 0.4) is 0 Å². The summed E-state index contributed by atoms with van der Waals surface area (Å²) in [6.45, 7) is 5.56. The fourth-order valence-corrected chi connectivity index (χ4v) is 2.44. The van der Waals surface area contributed by atoms with E-state index in [0.717, 1.165) is 49.1 Å². The molecule has 7 nitrogen and oxygen atoms in total. The second-order valence-electron chi connectivity index (χ2n) is 5.46. The summed E-state index contributed by atoms with van der Waals surface area (Å²) in [5.74, 6) is 2.41. The van der Waals surface area contributed by atoms with Gasteiger partial charge in [0, 0.05) is 32.0 Å². The highest BCUT2D eigenvalue weighted by Crippen LogP contribution is 2.32. The quantitative estimate of drug-likeness (QED) is 0.460. The van der Waals surface area contributed by atoms with Crippen molar-refractivity contribution in [2.75, 3.05) is 19.9 Å². The fourth-order valence-electron chi connectivity index (χ4n) is 2.44. The Hall–Kier alpha value is -2.70. The SMILES string of the molecule is CCNC(=NCc1ccc2c(c1)OCO2)NCCCn1ccnc1. The molecule has 2 N–H and O–H groups in total. The van der Waals surface area contributed by atoms with E-state index in [1.807, 2.05) is 30.7 Å². The summed E-state index contributed by atoms with van der Waals surface area (Å²) in [5, 5.41) is 6.62. The lowest BCUT2D eigenvalue weighted by molar-refractivity contribution is 0.174. The third-order valence-corrected chi connectivity index (χ3v) is 3.65. The van der Waals surface area contributed by atoms with E-state index in [0.29, 0.717) is 13.3 Å². The normalized spacial score (nSPS) is 13.1. The Morgan fingerprint density at radius 1 is 1.29 bits per heavy atom. The number of aromatic nitrogens is 2. The van der Waals surface area contributed by atoms with Crippen LogP contribution in [0.15, 0.2) is 41.9 Å². The van der Waals surface area contributed by atoms with Gasteiger partial charge in [0.05, 0.1) is 12.9 Å². The van der Waals surface area contributed by atoms with Crippen LogP contribution in [0.4, 0.5) is 0 Å². The number of benzene rings is 1. The van der Waals surface area contributed by atoms with Crippen molar-refractivity contribution in [2.45, 2.75) is 26.4 Å². The van der Waals surface area contributed by atoms with Crippen LogP contribution in [0.1, 0.15) is 18.9 Å². The molecule has 0 saturated heterocycles. The Balaban J connectivity index is 1.49. The summed E-state index contributed by atoms with van der Waals surface area (Å²) < 4.78 is 12.8. The topological polar surface area (TPSA) is 72.7 Å². The van der Waals surface area contributed by atoms with Crippen molar-refractivity contribution in [1.82, 2.24) is 20.2 Å². The molecule has 0 bridgehead atoms. The molecule has 1 aliphatic rings. The second-order valence-corrected chi connectivity index (χ2v) is 5.46. The first-order valence-electron chi connectivity index (χ1n) is 8.21. The summed E-state index contributed by atoms with van der Waals surface area (Å²) in [6, 6.07) is 5.92. The average molecular weight is 329 g/mol. The molecule has 0 atom stereocenters. The number of fused-ring (bicyclic) bond motifs is 1. The molecule has 0 saturated carbocycles. The van der Waals surface area contributed by atoms with Crippen molar-refractivity contribution in [2.24, 2.45) is 4.99 Å². The minimum absolute atomic E-state index is 0.295. The van der Waals surface area contributed by atoms with Crippen molar-refractivity contribution in [3.63, 3.8) is 0 Å². The van der Waals surface area contributed by atoms with E-state index in [-0.39, 0.29) is 0 Å². The van der Waals surface area contributed by atoms with Gasteiger partial charge in [0.15, 0.2) is 17.5 Å². The lowest BCUT2D eigenvalue weighted by Gasteiger charge is -2.11. The van der Waals surface area contributed by atoms with E-state index >= 15 is 0 Å². The minimum atomic E-state index is 0.295. The third kappa shape index (κ3) is 4.41. The number of nitrogens with one attached hydrogen (secondary N) is 2. The van der Waals surface area contributed by atoms with Crippen LogP contribution in [0.5, 0.6) is 11.5 Å². The fraction of sp³-hybridized carbons (Fsp3) is 0.412. The molecule has 2 aromatic rings. The van der Waals surface area contributed by atoms with Crippen LogP contribution >= 0.6 is 0 Å². The van der Waals surface area contributed by atoms with Crippen molar-refractivity contribution >= 4 is 5.96 Å². The van der Waals surface area contributed by atoms with Gasteiger partial charge in [-0.05, 0) is 31.0 Å². The Kier molecular flexibility index (Phi) is 5.55. The molecule has 0 amide bonds. The molecule has 24 heavy (non-hydrogen) atoms. The van der Waals surface area contributed by atoms with Gasteiger partial charge in [-0.15, -0.1) is 0 Å². The van der Waals surface area contributed by atoms with Crippen LogP contribution in [-0.2, 0) is 13.1 Å². The van der Waals surface area contributed by atoms with Crippen molar-refractivity contribution < 1.29 is 9.47 Å². The summed E-state index contributed by atoms with van der Waals surface area (Å²) >= 11 is 0. The van der Waals surface area contributed by atoms with Crippen LogP contribution in [0.2, 0.25) is 0 Å². The molecule has 1 aromatic carbocycles. The zero-order chi connectivity index (χ0) is 16.6. The molecule has 2 heterocycles. The number of hydrogen-bond acceptors (Lipinski definition) is 4. The van der Waals surface area contributed by atoms with Crippen LogP contribution < -0.4 is 20.1 Å². The van der Waals surface area contributed by atoms with Gasteiger partial charge >= 0.3 is 0 Å². The predicted octanol–water partition coefficient (Wildman–Crippen LogP) is 1.76. The Morgan fingerprint density at radius 2 is 2.21 bits per heavy atom. The number of rotatable bonds is 7. The van der Waals surface area contributed by atoms with Gasteiger partial charge in [0.2, 0.25) is 6.79 Å². The van der Waals surface area contributed by atoms with Crippen molar-refractivity contribution in [3.8, 4) is 11.5 Å². The molecule has 1 aromatic heterocycles. The van der Waals surface area contributed by atoms with Crippen molar-refractivity contribution in [1.29, 1.82) is 0 Å². The summed E-state index contributed by atoms with van der Waals surface area (Å²) in [4.78, 5) is 8.66. The molecule has 3 rings (SSSR count). The molecule has 0 fully saturated rings. The van der Waals surface area contributed by atoms with Crippen LogP contribution in [-0.4, -0.2) is 35.4 Å². The number of ether oxygens (including phenoxy) is 2. The first-order chi connectivity index (χ1) is 11.8. The van der Waals surface area contributed by atoms with Crippen LogP contribution in [0, 0.1) is 0 Å². The van der Waals surface area contributed by atoms with Gasteiger partial charge in [0.1, 0.15) is 0 Å². The minimum Gasteiger partial charge on any atom is -0.454 e. The maximum atomic E-state index is 5.40. The van der Waals surface area contributed by atoms with Gasteiger partial charge in [0.25, 0.3) is 0 Å². The number of hydrogen-bond donors (Lipinski definition) is 2. The van der Waals surface area contributed by atoms with Gasteiger partial charge in [-0.1, -0.05) is 6.07 Å². The first kappa shape index (κ1) is 16.2. The highest BCUT2D eigenvalue weighted by Gasteiger charge is 2.12. The largest absolute Gasteiger partial charge is 0.454 e. The predicted molar refractivity (Wildman–Crippen MR) is 92.2 cm³/mol. The Bertz CT molecular complexity index is 670. The number of aryl methyl sites for hydroxylation is 1. The number of nitrogens with zero attached hydrogens (tertiary/aromatic N) is 3. The summed E-state index contributed by atoms with van der Waals surface area (Å²) in [6.07, 6.45) is 6.60. The molecule has 0 unspecified atom stereocenters. The second kappa shape index (κ2) is 8.24. The highest BCUT2D eigenvalue weighted by atomic mass is 16.7. The van der Waals surface area contributed by atoms with Crippen LogP contribution in [0.25, 0.3) is 0 Å². The van der Waals surface area contributed by atoms with Gasteiger partial charge in [-0.25, -0.2) is 9.98 Å². The van der Waals surface area contributed by atoms with E-state index in [4.69, 9.17) is 9.47 Å².